The fourth-order valence-corrected chi connectivity index (χ4v) is 10.9. The number of halogens is 2. The van der Waals surface area contributed by atoms with Gasteiger partial charge in [0.1, 0.15) is 11.5 Å². The Bertz CT molecular complexity index is 2590. The van der Waals surface area contributed by atoms with Crippen molar-refractivity contribution in [3.05, 3.63) is 106 Å². The number of phenolic OH excluding ortho intramolecular Hbond substituents is 1. The standard InChI is InChI=1S/C43H36Cl2N4O6S/c1-21-28-18-24(45)9-16-35(28)56-38(21)32-20-36(47(3)46-32)49-40(52)31-19-29-26(12-13-27-37(29)41(53)48(39(27)51)25-10-7-23(44)8-11-25)30(43(31,2)42(49)54)14-5-22-6-15-33(50)34(17-22)55-4/h5-12,14-18,20,27,29-31,37,50H,13,19H2,1-4H3. The molecule has 10 nitrogen and oxygen atoms in total. The van der Waals surface area contributed by atoms with Gasteiger partial charge in [0.15, 0.2) is 11.5 Å². The summed E-state index contributed by atoms with van der Waals surface area (Å²) in [4.78, 5) is 61.7. The topological polar surface area (TPSA) is 122 Å². The molecule has 3 fully saturated rings. The highest BCUT2D eigenvalue weighted by Crippen LogP contribution is 2.61. The normalized spacial score (nSPS) is 26.0. The molecule has 56 heavy (non-hydrogen) atoms. The third-order valence-electron chi connectivity index (χ3n) is 12.3. The van der Waals surface area contributed by atoms with Crippen LogP contribution in [0.15, 0.2) is 84.5 Å². The summed E-state index contributed by atoms with van der Waals surface area (Å²) in [5.41, 5.74) is 2.41. The number of thiophene rings is 1. The van der Waals surface area contributed by atoms with E-state index in [1.807, 2.05) is 50.3 Å². The van der Waals surface area contributed by atoms with E-state index in [2.05, 4.69) is 0 Å². The summed E-state index contributed by atoms with van der Waals surface area (Å²) in [5, 5.41) is 17.2. The van der Waals surface area contributed by atoms with Crippen molar-refractivity contribution in [2.75, 3.05) is 16.9 Å². The van der Waals surface area contributed by atoms with Crippen molar-refractivity contribution in [2.45, 2.75) is 26.7 Å². The summed E-state index contributed by atoms with van der Waals surface area (Å²) in [5.74, 6) is -3.92. The fourth-order valence-electron chi connectivity index (χ4n) is 9.50. The van der Waals surface area contributed by atoms with Gasteiger partial charge in [0.05, 0.1) is 40.8 Å². The van der Waals surface area contributed by atoms with Crippen molar-refractivity contribution in [1.29, 1.82) is 0 Å². The number of aromatic hydroxyl groups is 1. The van der Waals surface area contributed by atoms with Crippen LogP contribution in [0.4, 0.5) is 11.5 Å². The van der Waals surface area contributed by atoms with Crippen LogP contribution in [0.3, 0.4) is 0 Å². The first-order valence-corrected chi connectivity index (χ1v) is 19.9. The van der Waals surface area contributed by atoms with Crippen molar-refractivity contribution in [3.63, 3.8) is 0 Å². The molecule has 6 atom stereocenters. The molecule has 0 radical (unpaired) electrons. The van der Waals surface area contributed by atoms with Crippen molar-refractivity contribution < 1.29 is 29.0 Å². The number of aromatic nitrogens is 2. The number of imide groups is 2. The molecular weight excluding hydrogens is 771 g/mol. The minimum atomic E-state index is -1.24. The van der Waals surface area contributed by atoms with Crippen molar-refractivity contribution in [2.24, 2.45) is 42.1 Å². The molecule has 5 aromatic rings. The fraction of sp³-hybridized carbons (Fsp3) is 0.279. The Labute approximate surface area is 336 Å². The summed E-state index contributed by atoms with van der Waals surface area (Å²) in [7, 11) is 3.19. The molecule has 13 heteroatoms. The Balaban J connectivity index is 1.13. The van der Waals surface area contributed by atoms with Gasteiger partial charge in [-0.1, -0.05) is 53.1 Å². The molecule has 3 aromatic carbocycles. The van der Waals surface area contributed by atoms with Crippen LogP contribution in [0.5, 0.6) is 11.5 Å². The molecular formula is C43H36Cl2N4O6S. The Kier molecular flexibility index (Phi) is 8.57. The lowest BCUT2D eigenvalue weighted by Crippen LogP contribution is -2.49. The molecule has 4 aliphatic rings. The monoisotopic (exact) mass is 806 g/mol. The minimum Gasteiger partial charge on any atom is -0.504 e. The van der Waals surface area contributed by atoms with E-state index in [9.17, 15) is 19.5 Å². The average Bonchev–Trinajstić information content (AvgIpc) is 3.85. The number of allylic oxidation sites excluding steroid dienone is 3. The molecule has 2 aliphatic heterocycles. The van der Waals surface area contributed by atoms with Gasteiger partial charge in [-0.2, -0.15) is 5.10 Å². The van der Waals surface area contributed by atoms with Crippen molar-refractivity contribution in [1.82, 2.24) is 9.78 Å². The number of aryl methyl sites for hydroxylation is 2. The lowest BCUT2D eigenvalue weighted by Gasteiger charge is -2.47. The minimum absolute atomic E-state index is 0.0116. The number of rotatable bonds is 6. The third kappa shape index (κ3) is 5.31. The summed E-state index contributed by atoms with van der Waals surface area (Å²) in [6, 6.07) is 19.1. The van der Waals surface area contributed by atoms with E-state index in [0.29, 0.717) is 39.2 Å². The number of carbonyl (C=O) groups excluding carboxylic acids is 4. The van der Waals surface area contributed by atoms with E-state index in [4.69, 9.17) is 33.0 Å². The van der Waals surface area contributed by atoms with E-state index < -0.39 is 35.0 Å². The first-order valence-electron chi connectivity index (χ1n) is 18.3. The second kappa shape index (κ2) is 13.2. The van der Waals surface area contributed by atoms with Crippen LogP contribution in [-0.4, -0.2) is 45.6 Å². The zero-order valence-electron chi connectivity index (χ0n) is 30.8. The molecule has 9 rings (SSSR count). The average molecular weight is 808 g/mol. The van der Waals surface area contributed by atoms with Crippen LogP contribution in [0.1, 0.15) is 30.9 Å². The summed E-state index contributed by atoms with van der Waals surface area (Å²) < 4.78 is 7.97. The first kappa shape index (κ1) is 36.4. The van der Waals surface area contributed by atoms with Crippen LogP contribution >= 0.6 is 34.5 Å². The number of amides is 4. The van der Waals surface area contributed by atoms with Crippen LogP contribution in [0.25, 0.3) is 26.7 Å². The van der Waals surface area contributed by atoms with E-state index in [1.165, 1.54) is 23.0 Å². The number of phenols is 1. The maximum Gasteiger partial charge on any atom is 0.242 e. The number of benzene rings is 3. The van der Waals surface area contributed by atoms with Gasteiger partial charge in [-0.25, -0.2) is 4.90 Å². The van der Waals surface area contributed by atoms with E-state index in [-0.39, 0.29) is 41.5 Å². The Hall–Kier alpha value is -5.23. The summed E-state index contributed by atoms with van der Waals surface area (Å²) >= 11 is 14.0. The molecule has 0 bridgehead atoms. The third-order valence-corrected chi connectivity index (χ3v) is 14.1. The zero-order valence-corrected chi connectivity index (χ0v) is 33.2. The quantitative estimate of drug-likeness (QED) is 0.135. The number of fused-ring (bicyclic) bond motifs is 5. The van der Waals surface area contributed by atoms with E-state index in [1.54, 1.807) is 65.5 Å². The maximum absolute atomic E-state index is 15.1. The molecule has 2 aliphatic carbocycles. The van der Waals surface area contributed by atoms with E-state index in [0.717, 1.165) is 26.1 Å². The Morgan fingerprint density at radius 2 is 1.68 bits per heavy atom. The largest absolute Gasteiger partial charge is 0.504 e. The summed E-state index contributed by atoms with van der Waals surface area (Å²) in [6.45, 7) is 3.85. The van der Waals surface area contributed by atoms with Gasteiger partial charge >= 0.3 is 0 Å². The molecule has 4 heterocycles. The predicted octanol–water partition coefficient (Wildman–Crippen LogP) is 8.61. The molecule has 4 amide bonds. The lowest BCUT2D eigenvalue weighted by molar-refractivity contribution is -0.132. The van der Waals surface area contributed by atoms with E-state index >= 15 is 4.79 Å². The molecule has 2 saturated heterocycles. The highest BCUT2D eigenvalue weighted by molar-refractivity contribution is 7.22. The summed E-state index contributed by atoms with van der Waals surface area (Å²) in [6.07, 6.45) is 6.32. The molecule has 0 spiro atoms. The molecule has 6 unspecified atom stereocenters. The van der Waals surface area contributed by atoms with Crippen molar-refractivity contribution >= 4 is 85.8 Å². The number of ether oxygens (including phenoxy) is 1. The highest BCUT2D eigenvalue weighted by Gasteiger charge is 2.67. The molecule has 1 N–H and O–H groups in total. The van der Waals surface area contributed by atoms with Gasteiger partial charge in [-0.3, -0.25) is 28.8 Å². The Morgan fingerprint density at radius 1 is 0.929 bits per heavy atom. The van der Waals surface area contributed by atoms with Crippen LogP contribution in [0, 0.1) is 41.9 Å². The number of methoxy groups -OCH3 is 1. The second-order valence-electron chi connectivity index (χ2n) is 15.2. The molecule has 284 valence electrons. The van der Waals surface area contributed by atoms with Crippen LogP contribution in [-0.2, 0) is 26.2 Å². The Morgan fingerprint density at radius 3 is 2.43 bits per heavy atom. The molecule has 1 saturated carbocycles. The number of hydrogen-bond donors (Lipinski definition) is 1. The van der Waals surface area contributed by atoms with Gasteiger partial charge in [0, 0.05) is 33.8 Å². The van der Waals surface area contributed by atoms with Gasteiger partial charge < -0.3 is 9.84 Å². The smallest absolute Gasteiger partial charge is 0.242 e. The lowest BCUT2D eigenvalue weighted by atomic mass is 9.52. The van der Waals surface area contributed by atoms with Crippen LogP contribution < -0.4 is 14.5 Å². The maximum atomic E-state index is 15.1. The second-order valence-corrected chi connectivity index (χ2v) is 17.1. The van der Waals surface area contributed by atoms with Gasteiger partial charge in [0.25, 0.3) is 0 Å². The van der Waals surface area contributed by atoms with Gasteiger partial charge in [0.2, 0.25) is 23.6 Å². The zero-order chi connectivity index (χ0) is 39.4. The number of anilines is 2. The predicted molar refractivity (Wildman–Crippen MR) is 217 cm³/mol. The molecule has 2 aromatic heterocycles. The first-order chi connectivity index (χ1) is 26.8. The number of nitrogens with zero attached hydrogens (tertiary/aromatic N) is 4. The van der Waals surface area contributed by atoms with Crippen molar-refractivity contribution in [3.8, 4) is 22.1 Å². The number of hydrogen-bond acceptors (Lipinski definition) is 8. The number of carbonyl (C=O) groups is 4. The van der Waals surface area contributed by atoms with Gasteiger partial charge in [-0.15, -0.1) is 11.3 Å². The highest BCUT2D eigenvalue weighted by atomic mass is 35.5. The van der Waals surface area contributed by atoms with Crippen LogP contribution in [0.2, 0.25) is 10.0 Å². The SMILES string of the molecule is COc1cc(C=CC2C3=CCC4C(=O)N(c5ccc(Cl)cc5)C(=O)C4C3CC3C(=O)N(c4cc(-c5sc6ccc(Cl)cc6c5C)nn4C)C(=O)C23C)ccc1O. The van der Waals surface area contributed by atoms with Gasteiger partial charge in [-0.05, 0) is 104 Å².